The van der Waals surface area contributed by atoms with Gasteiger partial charge in [0.25, 0.3) is 0 Å². The van der Waals surface area contributed by atoms with Crippen LogP contribution >= 0.6 is 0 Å². The minimum absolute atomic E-state index is 0.173. The standard InChI is InChI=1S/C10H18N2O3S/c1-7-3-8-4-11-5-9(8)12(7)10(13)6-16(2,14)15/h7-9,11H,3-6H2,1-2H3. The molecule has 16 heavy (non-hydrogen) atoms. The number of nitrogens with zero attached hydrogens (tertiary/aromatic N) is 1. The molecular weight excluding hydrogens is 228 g/mol. The predicted octanol–water partition coefficient (Wildman–Crippen LogP) is -0.760. The van der Waals surface area contributed by atoms with Crippen LogP contribution < -0.4 is 5.32 Å². The van der Waals surface area contributed by atoms with E-state index in [1.807, 2.05) is 6.92 Å². The van der Waals surface area contributed by atoms with E-state index in [0.29, 0.717) is 5.92 Å². The minimum atomic E-state index is -3.22. The van der Waals surface area contributed by atoms with E-state index >= 15 is 0 Å². The summed E-state index contributed by atoms with van der Waals surface area (Å²) >= 11 is 0. The monoisotopic (exact) mass is 246 g/mol. The van der Waals surface area contributed by atoms with Crippen LogP contribution in [0.25, 0.3) is 0 Å². The summed E-state index contributed by atoms with van der Waals surface area (Å²) in [4.78, 5) is 13.7. The first-order valence-corrected chi connectivity index (χ1v) is 7.64. The molecule has 0 bridgehead atoms. The molecule has 2 aliphatic rings. The molecule has 0 radical (unpaired) electrons. The lowest BCUT2D eigenvalue weighted by molar-refractivity contribution is -0.130. The molecule has 1 amide bonds. The van der Waals surface area contributed by atoms with Crippen LogP contribution in [0.4, 0.5) is 0 Å². The maximum absolute atomic E-state index is 11.9. The first kappa shape index (κ1) is 11.9. The molecule has 3 atom stereocenters. The summed E-state index contributed by atoms with van der Waals surface area (Å²) in [6.07, 6.45) is 2.09. The fourth-order valence-corrected chi connectivity index (χ4v) is 3.49. The highest BCUT2D eigenvalue weighted by molar-refractivity contribution is 7.91. The van der Waals surface area contributed by atoms with Gasteiger partial charge in [0.1, 0.15) is 5.75 Å². The predicted molar refractivity (Wildman–Crippen MR) is 60.8 cm³/mol. The largest absolute Gasteiger partial charge is 0.335 e. The molecule has 0 aromatic heterocycles. The van der Waals surface area contributed by atoms with Gasteiger partial charge in [0.05, 0.1) is 0 Å². The second-order valence-electron chi connectivity index (χ2n) is 4.94. The van der Waals surface area contributed by atoms with Gasteiger partial charge in [-0.2, -0.15) is 0 Å². The Morgan fingerprint density at radius 1 is 1.44 bits per heavy atom. The lowest BCUT2D eigenvalue weighted by Gasteiger charge is -2.27. The van der Waals surface area contributed by atoms with Gasteiger partial charge in [0.2, 0.25) is 5.91 Å². The van der Waals surface area contributed by atoms with Crippen LogP contribution in [0.2, 0.25) is 0 Å². The first-order valence-electron chi connectivity index (χ1n) is 5.58. The summed E-state index contributed by atoms with van der Waals surface area (Å²) in [6, 6.07) is 0.371. The fourth-order valence-electron chi connectivity index (χ4n) is 2.89. The zero-order valence-corrected chi connectivity index (χ0v) is 10.5. The Kier molecular flexibility index (Phi) is 2.96. The molecule has 0 saturated carbocycles. The zero-order valence-electron chi connectivity index (χ0n) is 9.64. The molecule has 5 nitrogen and oxygen atoms in total. The number of fused-ring (bicyclic) bond motifs is 1. The second kappa shape index (κ2) is 4.00. The van der Waals surface area contributed by atoms with E-state index in [9.17, 15) is 13.2 Å². The van der Waals surface area contributed by atoms with Crippen molar-refractivity contribution in [2.75, 3.05) is 25.1 Å². The second-order valence-corrected chi connectivity index (χ2v) is 7.08. The van der Waals surface area contributed by atoms with E-state index in [-0.39, 0.29) is 23.7 Å². The number of hydrogen-bond acceptors (Lipinski definition) is 4. The molecule has 1 N–H and O–H groups in total. The lowest BCUT2D eigenvalue weighted by Crippen LogP contribution is -2.45. The van der Waals surface area contributed by atoms with E-state index in [1.165, 1.54) is 0 Å². The molecule has 92 valence electrons. The van der Waals surface area contributed by atoms with Gasteiger partial charge in [0.15, 0.2) is 9.84 Å². The maximum Gasteiger partial charge on any atom is 0.238 e. The van der Waals surface area contributed by atoms with E-state index in [1.54, 1.807) is 4.90 Å². The molecule has 2 heterocycles. The molecule has 0 aromatic carbocycles. The van der Waals surface area contributed by atoms with Crippen LogP contribution in [-0.4, -0.2) is 56.4 Å². The van der Waals surface area contributed by atoms with Crippen molar-refractivity contribution in [2.45, 2.75) is 25.4 Å². The molecule has 3 unspecified atom stereocenters. The summed E-state index contributed by atoms with van der Waals surface area (Å²) in [5, 5.41) is 3.25. The Hall–Kier alpha value is -0.620. The summed E-state index contributed by atoms with van der Waals surface area (Å²) in [7, 11) is -3.22. The van der Waals surface area contributed by atoms with Crippen LogP contribution in [0.5, 0.6) is 0 Å². The topological polar surface area (TPSA) is 66.5 Å². The van der Waals surface area contributed by atoms with Gasteiger partial charge in [-0.05, 0) is 19.3 Å². The molecule has 2 rings (SSSR count). The van der Waals surface area contributed by atoms with Crippen molar-refractivity contribution in [3.63, 3.8) is 0 Å². The summed E-state index contributed by atoms with van der Waals surface area (Å²) in [6.45, 7) is 3.74. The molecule has 2 fully saturated rings. The van der Waals surface area contributed by atoms with Crippen LogP contribution in [0, 0.1) is 5.92 Å². The third-order valence-corrected chi connectivity index (χ3v) is 4.23. The van der Waals surface area contributed by atoms with Crippen LogP contribution in [0.15, 0.2) is 0 Å². The smallest absolute Gasteiger partial charge is 0.238 e. The third-order valence-electron chi connectivity index (χ3n) is 3.45. The summed E-state index contributed by atoms with van der Waals surface area (Å²) < 4.78 is 22.3. The van der Waals surface area contributed by atoms with Crippen molar-refractivity contribution in [3.05, 3.63) is 0 Å². The Labute approximate surface area is 96.1 Å². The Bertz CT molecular complexity index is 393. The van der Waals surface area contributed by atoms with Gasteiger partial charge >= 0.3 is 0 Å². The number of rotatable bonds is 2. The number of amides is 1. The van der Waals surface area contributed by atoms with Gasteiger partial charge in [-0.3, -0.25) is 4.79 Å². The number of carbonyl (C=O) groups is 1. The van der Waals surface area contributed by atoms with Crippen LogP contribution in [0.3, 0.4) is 0 Å². The highest BCUT2D eigenvalue weighted by Gasteiger charge is 2.44. The van der Waals surface area contributed by atoms with Crippen LogP contribution in [0.1, 0.15) is 13.3 Å². The number of carbonyl (C=O) groups excluding carboxylic acids is 1. The fraction of sp³-hybridized carbons (Fsp3) is 0.900. The molecule has 2 saturated heterocycles. The van der Waals surface area contributed by atoms with E-state index in [2.05, 4.69) is 5.32 Å². The molecule has 0 aromatic rings. The van der Waals surface area contributed by atoms with Crippen molar-refractivity contribution in [2.24, 2.45) is 5.92 Å². The quantitative estimate of drug-likeness (QED) is 0.695. The Balaban J connectivity index is 2.11. The highest BCUT2D eigenvalue weighted by Crippen LogP contribution is 2.32. The number of likely N-dealkylation sites (tertiary alicyclic amines) is 1. The van der Waals surface area contributed by atoms with E-state index in [0.717, 1.165) is 25.8 Å². The number of nitrogens with one attached hydrogen (secondary N) is 1. The number of sulfone groups is 1. The first-order chi connectivity index (χ1) is 7.38. The van der Waals surface area contributed by atoms with Gasteiger partial charge in [-0.15, -0.1) is 0 Å². The molecular formula is C10H18N2O3S. The molecule has 0 spiro atoms. The summed E-state index contributed by atoms with van der Waals surface area (Å²) in [5.41, 5.74) is 0. The molecule has 0 aliphatic carbocycles. The van der Waals surface area contributed by atoms with Crippen molar-refractivity contribution in [3.8, 4) is 0 Å². The minimum Gasteiger partial charge on any atom is -0.335 e. The highest BCUT2D eigenvalue weighted by atomic mass is 32.2. The normalized spacial score (nSPS) is 34.1. The lowest BCUT2D eigenvalue weighted by atomic mass is 10.0. The third kappa shape index (κ3) is 2.22. The zero-order chi connectivity index (χ0) is 11.9. The SMILES string of the molecule is CC1CC2CNCC2N1C(=O)CS(C)(=O)=O. The average Bonchev–Trinajstić information content (AvgIpc) is 2.58. The van der Waals surface area contributed by atoms with Gasteiger partial charge < -0.3 is 10.2 Å². The van der Waals surface area contributed by atoms with Gasteiger partial charge in [-0.25, -0.2) is 8.42 Å². The van der Waals surface area contributed by atoms with Gasteiger partial charge in [0, 0.05) is 31.4 Å². The Morgan fingerprint density at radius 2 is 2.12 bits per heavy atom. The Morgan fingerprint density at radius 3 is 2.75 bits per heavy atom. The van der Waals surface area contributed by atoms with Gasteiger partial charge in [-0.1, -0.05) is 0 Å². The van der Waals surface area contributed by atoms with Crippen LogP contribution in [-0.2, 0) is 14.6 Å². The van der Waals surface area contributed by atoms with Crippen molar-refractivity contribution >= 4 is 15.7 Å². The molecule has 2 aliphatic heterocycles. The van der Waals surface area contributed by atoms with E-state index in [4.69, 9.17) is 0 Å². The summed E-state index contributed by atoms with van der Waals surface area (Å²) in [5.74, 6) is -0.106. The van der Waals surface area contributed by atoms with E-state index < -0.39 is 9.84 Å². The number of hydrogen-bond donors (Lipinski definition) is 1. The molecule has 6 heteroatoms. The van der Waals surface area contributed by atoms with Crippen molar-refractivity contribution < 1.29 is 13.2 Å². The maximum atomic E-state index is 11.9. The van der Waals surface area contributed by atoms with Crippen molar-refractivity contribution in [1.82, 2.24) is 10.2 Å². The van der Waals surface area contributed by atoms with Crippen molar-refractivity contribution in [1.29, 1.82) is 0 Å². The average molecular weight is 246 g/mol.